The van der Waals surface area contributed by atoms with Gasteiger partial charge in [0.1, 0.15) is 5.76 Å². The summed E-state index contributed by atoms with van der Waals surface area (Å²) in [5.41, 5.74) is 5.94. The third-order valence-corrected chi connectivity index (χ3v) is 2.49. The molecule has 0 radical (unpaired) electrons. The van der Waals surface area contributed by atoms with Crippen LogP contribution in [-0.4, -0.2) is 23.5 Å². The standard InChI is InChI=1S/C11H19N3O2.ClH/c1-3-4-5-9(6-12)14-11(15)10-8(2)16-7-13-10;/h7,9H,3-6,12H2,1-2H3,(H,14,15);1H. The van der Waals surface area contributed by atoms with Gasteiger partial charge in [-0.15, -0.1) is 12.4 Å². The molecule has 1 rings (SSSR count). The van der Waals surface area contributed by atoms with Crippen molar-refractivity contribution in [3.8, 4) is 0 Å². The first-order chi connectivity index (χ1) is 7.69. The second-order valence-corrected chi connectivity index (χ2v) is 3.81. The molecule has 1 atom stereocenters. The highest BCUT2D eigenvalue weighted by Crippen LogP contribution is 2.06. The molecule has 1 amide bonds. The Balaban J connectivity index is 0.00000256. The number of nitrogens with zero attached hydrogens (tertiary/aromatic N) is 1. The van der Waals surface area contributed by atoms with Gasteiger partial charge in [0.2, 0.25) is 0 Å². The van der Waals surface area contributed by atoms with Crippen molar-refractivity contribution in [3.63, 3.8) is 0 Å². The maximum Gasteiger partial charge on any atom is 0.273 e. The number of carbonyl (C=O) groups is 1. The largest absolute Gasteiger partial charge is 0.448 e. The molecule has 1 aromatic rings. The van der Waals surface area contributed by atoms with Crippen LogP contribution in [0.25, 0.3) is 0 Å². The summed E-state index contributed by atoms with van der Waals surface area (Å²) in [5.74, 6) is 0.321. The van der Waals surface area contributed by atoms with Gasteiger partial charge in [0.25, 0.3) is 5.91 Å². The minimum Gasteiger partial charge on any atom is -0.448 e. The summed E-state index contributed by atoms with van der Waals surface area (Å²) in [4.78, 5) is 15.6. The SMILES string of the molecule is CCCCC(CN)NC(=O)c1ncoc1C.Cl. The molecule has 0 saturated carbocycles. The summed E-state index contributed by atoms with van der Waals surface area (Å²) in [6.07, 6.45) is 4.32. The zero-order chi connectivity index (χ0) is 12.0. The van der Waals surface area contributed by atoms with Gasteiger partial charge in [-0.2, -0.15) is 0 Å². The van der Waals surface area contributed by atoms with E-state index in [0.717, 1.165) is 19.3 Å². The second kappa shape index (κ2) is 8.08. The van der Waals surface area contributed by atoms with Crippen LogP contribution in [0.5, 0.6) is 0 Å². The zero-order valence-corrected chi connectivity index (χ0v) is 11.0. The summed E-state index contributed by atoms with van der Waals surface area (Å²) >= 11 is 0. The summed E-state index contributed by atoms with van der Waals surface area (Å²) in [7, 11) is 0. The van der Waals surface area contributed by atoms with Crippen molar-refractivity contribution in [1.82, 2.24) is 10.3 Å². The molecule has 0 fully saturated rings. The molecule has 6 heteroatoms. The van der Waals surface area contributed by atoms with Crippen molar-refractivity contribution in [2.45, 2.75) is 39.2 Å². The minimum atomic E-state index is -0.210. The average molecular weight is 262 g/mol. The normalized spacial score (nSPS) is 11.7. The van der Waals surface area contributed by atoms with Gasteiger partial charge in [0.15, 0.2) is 12.1 Å². The number of nitrogens with two attached hydrogens (primary N) is 1. The number of hydrogen-bond donors (Lipinski definition) is 2. The molecule has 0 saturated heterocycles. The number of rotatable bonds is 6. The number of nitrogens with one attached hydrogen (secondary N) is 1. The van der Waals surface area contributed by atoms with E-state index in [-0.39, 0.29) is 24.4 Å². The third-order valence-electron chi connectivity index (χ3n) is 2.49. The van der Waals surface area contributed by atoms with E-state index in [4.69, 9.17) is 10.2 Å². The lowest BCUT2D eigenvalue weighted by molar-refractivity contribution is 0.0930. The summed E-state index contributed by atoms with van der Waals surface area (Å²) in [5, 5.41) is 2.86. The molecular weight excluding hydrogens is 242 g/mol. The Morgan fingerprint density at radius 1 is 1.65 bits per heavy atom. The van der Waals surface area contributed by atoms with E-state index in [1.165, 1.54) is 6.39 Å². The molecule has 0 spiro atoms. The number of unbranched alkanes of at least 4 members (excludes halogenated alkanes) is 1. The van der Waals surface area contributed by atoms with Crippen molar-refractivity contribution in [2.75, 3.05) is 6.54 Å². The lowest BCUT2D eigenvalue weighted by Gasteiger charge is -2.15. The molecule has 5 nitrogen and oxygen atoms in total. The maximum absolute atomic E-state index is 11.8. The minimum absolute atomic E-state index is 0. The number of oxazole rings is 1. The number of halogens is 1. The van der Waals surface area contributed by atoms with E-state index >= 15 is 0 Å². The van der Waals surface area contributed by atoms with Crippen molar-refractivity contribution in [2.24, 2.45) is 5.73 Å². The molecule has 0 bridgehead atoms. The first-order valence-electron chi connectivity index (χ1n) is 5.60. The summed E-state index contributed by atoms with van der Waals surface area (Å²) < 4.78 is 4.98. The van der Waals surface area contributed by atoms with Gasteiger partial charge in [0, 0.05) is 12.6 Å². The summed E-state index contributed by atoms with van der Waals surface area (Å²) in [6.45, 7) is 4.27. The smallest absolute Gasteiger partial charge is 0.273 e. The Morgan fingerprint density at radius 2 is 2.35 bits per heavy atom. The van der Waals surface area contributed by atoms with Crippen molar-refractivity contribution in [1.29, 1.82) is 0 Å². The molecule has 1 aromatic heterocycles. The van der Waals surface area contributed by atoms with Crippen molar-refractivity contribution in [3.05, 3.63) is 17.8 Å². The second-order valence-electron chi connectivity index (χ2n) is 3.81. The number of aryl methyl sites for hydroxylation is 1. The highest BCUT2D eigenvalue weighted by Gasteiger charge is 2.16. The van der Waals surface area contributed by atoms with E-state index in [1.54, 1.807) is 6.92 Å². The van der Waals surface area contributed by atoms with E-state index in [2.05, 4.69) is 17.2 Å². The van der Waals surface area contributed by atoms with E-state index in [1.807, 2.05) is 0 Å². The van der Waals surface area contributed by atoms with E-state index < -0.39 is 0 Å². The molecule has 1 unspecified atom stereocenters. The van der Waals surface area contributed by atoms with Crippen LogP contribution in [0, 0.1) is 6.92 Å². The van der Waals surface area contributed by atoms with E-state index in [9.17, 15) is 4.79 Å². The van der Waals surface area contributed by atoms with Gasteiger partial charge >= 0.3 is 0 Å². The highest BCUT2D eigenvalue weighted by atomic mass is 35.5. The molecule has 1 heterocycles. The Labute approximate surface area is 108 Å². The fraction of sp³-hybridized carbons (Fsp3) is 0.636. The van der Waals surface area contributed by atoms with Crippen molar-refractivity contribution >= 4 is 18.3 Å². The monoisotopic (exact) mass is 261 g/mol. The molecule has 0 aromatic carbocycles. The molecule has 0 aliphatic carbocycles. The molecule has 0 aliphatic rings. The first kappa shape index (κ1) is 15.9. The lowest BCUT2D eigenvalue weighted by atomic mass is 10.1. The Kier molecular flexibility index (Phi) is 7.58. The average Bonchev–Trinajstić information content (AvgIpc) is 2.70. The van der Waals surface area contributed by atoms with E-state index in [0.29, 0.717) is 18.0 Å². The van der Waals surface area contributed by atoms with Crippen molar-refractivity contribution < 1.29 is 9.21 Å². The van der Waals surface area contributed by atoms with Crippen LogP contribution < -0.4 is 11.1 Å². The number of carbonyl (C=O) groups excluding carboxylic acids is 1. The molecular formula is C11H20ClN3O2. The third kappa shape index (κ3) is 4.75. The predicted octanol–water partition coefficient (Wildman–Crippen LogP) is 1.65. The predicted molar refractivity (Wildman–Crippen MR) is 68.3 cm³/mol. The van der Waals surface area contributed by atoms with Crippen LogP contribution in [0.15, 0.2) is 10.8 Å². The van der Waals surface area contributed by atoms with Gasteiger partial charge in [-0.1, -0.05) is 19.8 Å². The van der Waals surface area contributed by atoms with Gasteiger partial charge in [-0.3, -0.25) is 4.79 Å². The number of aromatic nitrogens is 1. The molecule has 3 N–H and O–H groups in total. The van der Waals surface area contributed by atoms with Gasteiger partial charge in [-0.05, 0) is 13.3 Å². The molecule has 98 valence electrons. The van der Waals surface area contributed by atoms with Crippen LogP contribution in [0.2, 0.25) is 0 Å². The summed E-state index contributed by atoms with van der Waals surface area (Å²) in [6, 6.07) is 0.0172. The van der Waals surface area contributed by atoms with Gasteiger partial charge in [0.05, 0.1) is 0 Å². The van der Waals surface area contributed by atoms with Gasteiger partial charge < -0.3 is 15.5 Å². The number of amides is 1. The quantitative estimate of drug-likeness (QED) is 0.816. The lowest BCUT2D eigenvalue weighted by Crippen LogP contribution is -2.40. The Hall–Kier alpha value is -1.07. The fourth-order valence-electron chi connectivity index (χ4n) is 1.48. The van der Waals surface area contributed by atoms with Gasteiger partial charge in [-0.25, -0.2) is 4.98 Å². The highest BCUT2D eigenvalue weighted by molar-refractivity contribution is 5.93. The topological polar surface area (TPSA) is 81.1 Å². The van der Waals surface area contributed by atoms with Crippen LogP contribution in [-0.2, 0) is 0 Å². The van der Waals surface area contributed by atoms with Crippen LogP contribution in [0.4, 0.5) is 0 Å². The van der Waals surface area contributed by atoms with Crippen LogP contribution in [0.3, 0.4) is 0 Å². The molecule has 0 aliphatic heterocycles. The van der Waals surface area contributed by atoms with Crippen LogP contribution >= 0.6 is 12.4 Å². The zero-order valence-electron chi connectivity index (χ0n) is 10.2. The fourth-order valence-corrected chi connectivity index (χ4v) is 1.48. The Bertz CT molecular complexity index is 341. The Morgan fingerprint density at radius 3 is 2.82 bits per heavy atom. The number of hydrogen-bond acceptors (Lipinski definition) is 4. The maximum atomic E-state index is 11.8. The first-order valence-corrected chi connectivity index (χ1v) is 5.60. The molecule has 17 heavy (non-hydrogen) atoms. The van der Waals surface area contributed by atoms with Crippen LogP contribution in [0.1, 0.15) is 42.4 Å².